The van der Waals surface area contributed by atoms with Crippen molar-refractivity contribution in [1.82, 2.24) is 14.6 Å². The van der Waals surface area contributed by atoms with E-state index in [2.05, 4.69) is 10.3 Å². The highest BCUT2D eigenvalue weighted by molar-refractivity contribution is 7.91. The van der Waals surface area contributed by atoms with Crippen molar-refractivity contribution < 1.29 is 8.42 Å². The van der Waals surface area contributed by atoms with Crippen molar-refractivity contribution in [2.75, 3.05) is 13.1 Å². The second-order valence-corrected chi connectivity index (χ2v) is 7.65. The summed E-state index contributed by atoms with van der Waals surface area (Å²) < 4.78 is 26.8. The monoisotopic (exact) mass is 311 g/mol. The van der Waals surface area contributed by atoms with E-state index in [1.54, 1.807) is 4.31 Å². The largest absolute Gasteiger partial charge is 0.311 e. The Balaban J connectivity index is 0.00000162. The first-order chi connectivity index (χ1) is 7.93. The van der Waals surface area contributed by atoms with Crippen LogP contribution in [0.25, 0.3) is 0 Å². The van der Waals surface area contributed by atoms with Gasteiger partial charge in [0.15, 0.2) is 4.21 Å². The van der Waals surface area contributed by atoms with Gasteiger partial charge in [-0.2, -0.15) is 4.31 Å². The van der Waals surface area contributed by atoms with Crippen molar-refractivity contribution in [3.8, 4) is 0 Å². The van der Waals surface area contributed by atoms with Crippen LogP contribution in [-0.4, -0.2) is 42.9 Å². The lowest BCUT2D eigenvalue weighted by Gasteiger charge is -2.37. The number of piperazine rings is 1. The molecule has 1 fully saturated rings. The van der Waals surface area contributed by atoms with Gasteiger partial charge in [0, 0.05) is 25.2 Å². The molecule has 0 spiro atoms. The average molecular weight is 312 g/mol. The van der Waals surface area contributed by atoms with Crippen molar-refractivity contribution in [2.45, 2.75) is 37.1 Å². The van der Waals surface area contributed by atoms with Crippen molar-refractivity contribution in [2.24, 2.45) is 0 Å². The third-order valence-corrected chi connectivity index (χ3v) is 6.48. The minimum Gasteiger partial charge on any atom is -0.311 e. The van der Waals surface area contributed by atoms with Crippen LogP contribution in [0.1, 0.15) is 18.9 Å². The minimum absolute atomic E-state index is 0. The third-order valence-electron chi connectivity index (χ3n) is 3.14. The molecule has 0 aliphatic carbocycles. The molecule has 18 heavy (non-hydrogen) atoms. The maximum absolute atomic E-state index is 12.4. The maximum Gasteiger partial charge on any atom is 0.254 e. The van der Waals surface area contributed by atoms with Gasteiger partial charge in [-0.25, -0.2) is 13.4 Å². The summed E-state index contributed by atoms with van der Waals surface area (Å²) in [6.45, 7) is 6.97. The Morgan fingerprint density at radius 3 is 2.72 bits per heavy atom. The Bertz CT molecular complexity index is 503. The van der Waals surface area contributed by atoms with Crippen LogP contribution >= 0.6 is 23.7 Å². The fourth-order valence-corrected chi connectivity index (χ4v) is 4.88. The van der Waals surface area contributed by atoms with Gasteiger partial charge >= 0.3 is 0 Å². The molecular weight excluding hydrogens is 294 g/mol. The lowest BCUT2D eigenvalue weighted by atomic mass is 10.1. The number of nitrogens with one attached hydrogen (secondary N) is 1. The highest BCUT2D eigenvalue weighted by Crippen LogP contribution is 2.25. The van der Waals surface area contributed by atoms with Gasteiger partial charge in [0.25, 0.3) is 10.0 Å². The Labute approximate surface area is 118 Å². The predicted octanol–water partition coefficient (Wildman–Crippen LogP) is 1.24. The number of aryl methyl sites for hydroxylation is 1. The van der Waals surface area contributed by atoms with Gasteiger partial charge in [-0.15, -0.1) is 23.7 Å². The predicted molar refractivity (Wildman–Crippen MR) is 74.9 cm³/mol. The first-order valence-electron chi connectivity index (χ1n) is 5.60. The van der Waals surface area contributed by atoms with Crippen LogP contribution in [0.5, 0.6) is 0 Å². The third kappa shape index (κ3) is 2.85. The SMILES string of the molecule is Cc1ncc(S(=O)(=O)N2CCNC(C)C2C)s1.Cl. The molecule has 1 aromatic heterocycles. The van der Waals surface area contributed by atoms with Crippen LogP contribution in [0.4, 0.5) is 0 Å². The molecule has 2 unspecified atom stereocenters. The van der Waals surface area contributed by atoms with E-state index in [-0.39, 0.29) is 24.5 Å². The lowest BCUT2D eigenvalue weighted by Crippen LogP contribution is -2.56. The van der Waals surface area contributed by atoms with Crippen LogP contribution in [0, 0.1) is 6.92 Å². The molecule has 1 aliphatic rings. The van der Waals surface area contributed by atoms with Crippen LogP contribution in [0.3, 0.4) is 0 Å². The van der Waals surface area contributed by atoms with Crippen LogP contribution in [-0.2, 0) is 10.0 Å². The van der Waals surface area contributed by atoms with E-state index < -0.39 is 10.0 Å². The number of hydrogen-bond acceptors (Lipinski definition) is 5. The van der Waals surface area contributed by atoms with E-state index in [9.17, 15) is 8.42 Å². The van der Waals surface area contributed by atoms with E-state index >= 15 is 0 Å². The number of sulfonamides is 1. The van der Waals surface area contributed by atoms with E-state index in [1.165, 1.54) is 17.5 Å². The quantitative estimate of drug-likeness (QED) is 0.893. The normalized spacial score (nSPS) is 25.7. The number of rotatable bonds is 2. The molecule has 5 nitrogen and oxygen atoms in total. The topological polar surface area (TPSA) is 62.3 Å². The van der Waals surface area contributed by atoms with Gasteiger partial charge < -0.3 is 5.32 Å². The van der Waals surface area contributed by atoms with Crippen molar-refractivity contribution >= 4 is 33.8 Å². The molecule has 0 bridgehead atoms. The van der Waals surface area contributed by atoms with E-state index in [1.807, 2.05) is 20.8 Å². The number of thiazole rings is 1. The molecule has 0 radical (unpaired) electrons. The Kier molecular flexibility index (Phi) is 5.13. The van der Waals surface area contributed by atoms with Crippen molar-refractivity contribution in [1.29, 1.82) is 0 Å². The molecule has 1 aromatic rings. The number of halogens is 1. The van der Waals surface area contributed by atoms with Crippen LogP contribution < -0.4 is 5.32 Å². The molecular formula is C10H18ClN3O2S2. The molecule has 2 atom stereocenters. The molecule has 8 heteroatoms. The smallest absolute Gasteiger partial charge is 0.254 e. The minimum atomic E-state index is -3.37. The molecule has 0 aromatic carbocycles. The van der Waals surface area contributed by atoms with Crippen LogP contribution in [0.15, 0.2) is 10.4 Å². The highest BCUT2D eigenvalue weighted by Gasteiger charge is 2.35. The van der Waals surface area contributed by atoms with Gasteiger partial charge in [-0.3, -0.25) is 0 Å². The second-order valence-electron chi connectivity index (χ2n) is 4.30. The summed E-state index contributed by atoms with van der Waals surface area (Å²) in [6, 6.07) is 0.142. The van der Waals surface area contributed by atoms with Crippen molar-refractivity contribution in [3.63, 3.8) is 0 Å². The first kappa shape index (κ1) is 15.8. The maximum atomic E-state index is 12.4. The Morgan fingerprint density at radius 1 is 1.50 bits per heavy atom. The second kappa shape index (κ2) is 5.83. The molecule has 0 amide bonds. The Hall–Kier alpha value is -0.210. The zero-order valence-corrected chi connectivity index (χ0v) is 13.0. The molecule has 1 saturated heterocycles. The fourth-order valence-electron chi connectivity index (χ4n) is 1.94. The number of hydrogen-bond donors (Lipinski definition) is 1. The number of nitrogens with zero attached hydrogens (tertiary/aromatic N) is 2. The van der Waals surface area contributed by atoms with Gasteiger partial charge in [-0.1, -0.05) is 0 Å². The molecule has 0 saturated carbocycles. The standard InChI is InChI=1S/C10H17N3O2S2.ClH/c1-7-8(2)13(5-4-11-7)17(14,15)10-6-12-9(3)16-10;/h6-8,11H,4-5H2,1-3H3;1H. The number of aromatic nitrogens is 1. The summed E-state index contributed by atoms with van der Waals surface area (Å²) in [7, 11) is -3.37. The molecule has 2 rings (SSSR count). The average Bonchev–Trinajstić information content (AvgIpc) is 2.69. The summed E-state index contributed by atoms with van der Waals surface area (Å²) in [4.78, 5) is 4.02. The zero-order valence-electron chi connectivity index (χ0n) is 10.6. The van der Waals surface area contributed by atoms with Crippen LogP contribution in [0.2, 0.25) is 0 Å². The summed E-state index contributed by atoms with van der Waals surface area (Å²) in [5.74, 6) is 0. The van der Waals surface area contributed by atoms with Gasteiger partial charge in [0.2, 0.25) is 0 Å². The molecule has 2 heterocycles. The van der Waals surface area contributed by atoms with E-state index in [0.29, 0.717) is 17.3 Å². The van der Waals surface area contributed by atoms with E-state index in [4.69, 9.17) is 0 Å². The van der Waals surface area contributed by atoms with Gasteiger partial charge in [0.1, 0.15) is 0 Å². The Morgan fingerprint density at radius 2 is 2.17 bits per heavy atom. The lowest BCUT2D eigenvalue weighted by molar-refractivity contribution is 0.233. The van der Waals surface area contributed by atoms with E-state index in [0.717, 1.165) is 5.01 Å². The van der Waals surface area contributed by atoms with Gasteiger partial charge in [-0.05, 0) is 20.8 Å². The first-order valence-corrected chi connectivity index (χ1v) is 7.86. The highest BCUT2D eigenvalue weighted by atomic mass is 35.5. The molecule has 104 valence electrons. The molecule has 1 aliphatic heterocycles. The summed E-state index contributed by atoms with van der Waals surface area (Å²) in [6.07, 6.45) is 1.45. The summed E-state index contributed by atoms with van der Waals surface area (Å²) in [5.41, 5.74) is 0. The summed E-state index contributed by atoms with van der Waals surface area (Å²) >= 11 is 1.23. The van der Waals surface area contributed by atoms with Gasteiger partial charge in [0.05, 0.1) is 11.2 Å². The summed E-state index contributed by atoms with van der Waals surface area (Å²) in [5, 5.41) is 4.05. The van der Waals surface area contributed by atoms with Crippen molar-refractivity contribution in [3.05, 3.63) is 11.2 Å². The fraction of sp³-hybridized carbons (Fsp3) is 0.700. The molecule has 1 N–H and O–H groups in total. The zero-order chi connectivity index (χ0) is 12.6.